The smallest absolute Gasteiger partial charge is 0.285 e. The molecule has 1 amide bonds. The summed E-state index contributed by atoms with van der Waals surface area (Å²) in [7, 11) is -8.14. The van der Waals surface area contributed by atoms with Gasteiger partial charge in [-0.1, -0.05) is 22.9 Å². The van der Waals surface area contributed by atoms with Crippen LogP contribution >= 0.6 is 15.9 Å². The van der Waals surface area contributed by atoms with E-state index >= 15 is 0 Å². The molecule has 15 heteroatoms. The Morgan fingerprint density at radius 3 is 2.24 bits per heavy atom. The Labute approximate surface area is 208 Å². The number of hydrogen-bond donors (Lipinski definition) is 0. The van der Waals surface area contributed by atoms with Crippen molar-refractivity contribution >= 4 is 53.2 Å². The summed E-state index contributed by atoms with van der Waals surface area (Å²) in [5.41, 5.74) is -1.28. The number of benzene rings is 1. The predicted molar refractivity (Wildman–Crippen MR) is 131 cm³/mol. The highest BCUT2D eigenvalue weighted by Crippen LogP contribution is 2.35. The number of amides is 1. The molecule has 1 heterocycles. The van der Waals surface area contributed by atoms with Crippen LogP contribution in [-0.2, 0) is 24.2 Å². The molecule has 1 aliphatic heterocycles. The first kappa shape index (κ1) is 28.4. The molecule has 0 aliphatic carbocycles. The predicted octanol–water partition coefficient (Wildman–Crippen LogP) is 1.65. The van der Waals surface area contributed by atoms with Crippen LogP contribution in [0.25, 0.3) is 0 Å². The number of carbonyl (C=O) groups is 1. The van der Waals surface area contributed by atoms with Crippen molar-refractivity contribution < 1.29 is 30.8 Å². The number of hydrogen-bond acceptors (Lipinski definition) is 10. The van der Waals surface area contributed by atoms with Crippen LogP contribution in [0.3, 0.4) is 0 Å². The third-order valence-corrected chi connectivity index (χ3v) is 7.90. The molecule has 1 aliphatic rings. The third-order valence-electron chi connectivity index (χ3n) is 5.33. The molecule has 1 aromatic carbocycles. The van der Waals surface area contributed by atoms with E-state index in [4.69, 9.17) is 4.28 Å². The number of nitro benzene ring substituents is 1. The normalized spacial score (nSPS) is 15.5. The number of carbonyl (C=O) groups excluding carboxylic acids is 1. The van der Waals surface area contributed by atoms with Crippen LogP contribution < -0.4 is 5.06 Å². The topological polar surface area (TPSA) is 147 Å². The second kappa shape index (κ2) is 11.3. The average molecular weight is 585 g/mol. The van der Waals surface area contributed by atoms with Crippen molar-refractivity contribution in [2.24, 2.45) is 0 Å². The van der Waals surface area contributed by atoms with E-state index in [-0.39, 0.29) is 29.2 Å². The first-order chi connectivity index (χ1) is 15.7. The summed E-state index contributed by atoms with van der Waals surface area (Å²) in [5.74, 6) is -1.04. The minimum absolute atomic E-state index is 0.113. The molecule has 0 spiro atoms. The minimum atomic E-state index is -4.08. The number of rotatable bonds is 10. The molecule has 0 radical (unpaired) electrons. The molecule has 34 heavy (non-hydrogen) atoms. The van der Waals surface area contributed by atoms with Gasteiger partial charge in [0.1, 0.15) is 5.56 Å². The van der Waals surface area contributed by atoms with Gasteiger partial charge in [0, 0.05) is 43.6 Å². The van der Waals surface area contributed by atoms with Crippen LogP contribution in [0.5, 0.6) is 0 Å². The van der Waals surface area contributed by atoms with E-state index in [1.54, 1.807) is 0 Å². The highest BCUT2D eigenvalue weighted by molar-refractivity contribution is 9.09. The Morgan fingerprint density at radius 2 is 1.79 bits per heavy atom. The zero-order chi connectivity index (χ0) is 25.8. The highest BCUT2D eigenvalue weighted by Gasteiger charge is 2.34. The van der Waals surface area contributed by atoms with Crippen molar-refractivity contribution in [3.8, 4) is 0 Å². The second-order valence-corrected chi connectivity index (χ2v) is 12.6. The second-order valence-electron chi connectivity index (χ2n) is 7.99. The summed E-state index contributed by atoms with van der Waals surface area (Å²) in [5, 5.41) is 12.8. The number of nitrogens with zero attached hydrogens (tertiary/aromatic N) is 4. The molecule has 0 unspecified atom stereocenters. The largest absolute Gasteiger partial charge is 0.336 e. The molecule has 0 aromatic heterocycles. The van der Waals surface area contributed by atoms with E-state index < -0.39 is 47.1 Å². The Hall–Kier alpha value is -1.81. The Kier molecular flexibility index (Phi) is 9.44. The van der Waals surface area contributed by atoms with Crippen LogP contribution in [0.2, 0.25) is 0 Å². The quantitative estimate of drug-likeness (QED) is 0.226. The third kappa shape index (κ3) is 6.87. The lowest BCUT2D eigenvalue weighted by Crippen LogP contribution is -2.50. The molecular weight excluding hydrogens is 556 g/mol. The van der Waals surface area contributed by atoms with E-state index in [9.17, 15) is 31.7 Å². The van der Waals surface area contributed by atoms with Gasteiger partial charge in [-0.2, -0.15) is 8.42 Å². The molecule has 192 valence electrons. The first-order valence-corrected chi connectivity index (χ1v) is 15.1. The van der Waals surface area contributed by atoms with Gasteiger partial charge in [-0.15, -0.1) is 4.28 Å². The van der Waals surface area contributed by atoms with E-state index in [0.29, 0.717) is 26.2 Å². The molecule has 0 N–H and O–H groups in total. The van der Waals surface area contributed by atoms with Crippen molar-refractivity contribution in [3.63, 3.8) is 0 Å². The fourth-order valence-electron chi connectivity index (χ4n) is 3.53. The molecule has 0 bridgehead atoms. The molecule has 12 nitrogen and oxygen atoms in total. The first-order valence-electron chi connectivity index (χ1n) is 10.5. The summed E-state index contributed by atoms with van der Waals surface area (Å²) in [6.45, 7) is 7.14. The lowest BCUT2D eigenvalue weighted by atomic mass is 10.1. The van der Waals surface area contributed by atoms with Crippen molar-refractivity contribution in [1.82, 2.24) is 9.80 Å². The number of piperazine rings is 1. The van der Waals surface area contributed by atoms with Crippen LogP contribution in [-0.4, -0.2) is 93.6 Å². The minimum Gasteiger partial charge on any atom is -0.336 e. The van der Waals surface area contributed by atoms with Crippen LogP contribution in [0, 0.1) is 10.1 Å². The highest BCUT2D eigenvalue weighted by atomic mass is 79.9. The number of nitro groups is 1. The monoisotopic (exact) mass is 584 g/mol. The number of alkyl halides is 1. The van der Waals surface area contributed by atoms with Gasteiger partial charge in [-0.05, 0) is 19.9 Å². The molecule has 1 saturated heterocycles. The standard InChI is InChI=1S/C19H29BrN4O8S2/c1-5-34(30,31)18-13-16(24(26)27)15(12-17(18)23(7-6-20)32-33(4,28)29)19(25)22-10-8-21(9-11-22)14(2)3/h12-14H,5-11H2,1-4H3. The maximum absolute atomic E-state index is 13.3. The van der Waals surface area contributed by atoms with E-state index in [1.165, 1.54) is 11.8 Å². The zero-order valence-corrected chi connectivity index (χ0v) is 22.7. The van der Waals surface area contributed by atoms with E-state index in [1.807, 2.05) is 13.8 Å². The summed E-state index contributed by atoms with van der Waals surface area (Å²) in [6.07, 6.45) is 0.786. The number of halogens is 1. The van der Waals surface area contributed by atoms with E-state index in [0.717, 1.165) is 23.5 Å². The number of hydroxylamine groups is 1. The van der Waals surface area contributed by atoms with Gasteiger partial charge in [0.05, 0.1) is 34.1 Å². The molecule has 1 aromatic rings. The van der Waals surface area contributed by atoms with Crippen molar-refractivity contribution in [2.45, 2.75) is 31.7 Å². The van der Waals surface area contributed by atoms with Crippen LogP contribution in [0.1, 0.15) is 31.1 Å². The average Bonchev–Trinajstić information content (AvgIpc) is 2.76. The maximum Gasteiger partial charge on any atom is 0.285 e. The number of anilines is 1. The van der Waals surface area contributed by atoms with Gasteiger partial charge in [-0.3, -0.25) is 19.8 Å². The molecule has 0 atom stereocenters. The zero-order valence-electron chi connectivity index (χ0n) is 19.4. The summed E-state index contributed by atoms with van der Waals surface area (Å²) in [4.78, 5) is 27.5. The van der Waals surface area contributed by atoms with Gasteiger partial charge in [0.2, 0.25) is 0 Å². The fourth-order valence-corrected chi connectivity index (χ4v) is 5.41. The summed E-state index contributed by atoms with van der Waals surface area (Å²) in [6, 6.07) is 2.12. The molecule has 0 saturated carbocycles. The van der Waals surface area contributed by atoms with Gasteiger partial charge < -0.3 is 4.90 Å². The Balaban J connectivity index is 2.68. The fraction of sp³-hybridized carbons (Fsp3) is 0.632. The van der Waals surface area contributed by atoms with Gasteiger partial charge in [0.15, 0.2) is 9.84 Å². The van der Waals surface area contributed by atoms with Crippen molar-refractivity contribution in [2.75, 3.05) is 55.1 Å². The van der Waals surface area contributed by atoms with Crippen molar-refractivity contribution in [3.05, 3.63) is 27.8 Å². The van der Waals surface area contributed by atoms with Crippen LogP contribution in [0.4, 0.5) is 11.4 Å². The molecular formula is C19H29BrN4O8S2. The van der Waals surface area contributed by atoms with Crippen LogP contribution in [0.15, 0.2) is 17.0 Å². The van der Waals surface area contributed by atoms with E-state index in [2.05, 4.69) is 20.8 Å². The molecule has 2 rings (SSSR count). The molecule has 1 fully saturated rings. The summed E-state index contributed by atoms with van der Waals surface area (Å²) >= 11 is 3.16. The van der Waals surface area contributed by atoms with Gasteiger partial charge in [0.25, 0.3) is 21.7 Å². The van der Waals surface area contributed by atoms with Gasteiger partial charge >= 0.3 is 0 Å². The number of sulfone groups is 1. The maximum atomic E-state index is 13.3. The lowest BCUT2D eigenvalue weighted by molar-refractivity contribution is -0.385. The summed E-state index contributed by atoms with van der Waals surface area (Å²) < 4.78 is 54.2. The Bertz CT molecular complexity index is 1130. The van der Waals surface area contributed by atoms with Crippen molar-refractivity contribution in [1.29, 1.82) is 0 Å². The SMILES string of the molecule is CCS(=O)(=O)c1cc([N+](=O)[O-])c(C(=O)N2CCN(C(C)C)CC2)cc1N(CCBr)OS(C)(=O)=O. The lowest BCUT2D eigenvalue weighted by Gasteiger charge is -2.37. The van der Waals surface area contributed by atoms with Gasteiger partial charge in [-0.25, -0.2) is 13.5 Å². The Morgan fingerprint density at radius 1 is 1.21 bits per heavy atom.